The Balaban J connectivity index is 1.92. The van der Waals surface area contributed by atoms with E-state index in [4.69, 9.17) is 23.2 Å². The van der Waals surface area contributed by atoms with Crippen LogP contribution in [0.25, 0.3) is 11.3 Å². The molecule has 0 spiro atoms. The summed E-state index contributed by atoms with van der Waals surface area (Å²) in [5.74, 6) is -0.526. The molecule has 0 unspecified atom stereocenters. The SMILES string of the molecule is CS(=O)(=O)c1ccc(C(=O)Nc2ccc(Cl)c(-c3cccc[n+]3[O-])c2)c(Cl)c1. The van der Waals surface area contributed by atoms with Crippen LogP contribution in [0.15, 0.2) is 65.7 Å². The Labute approximate surface area is 171 Å². The van der Waals surface area contributed by atoms with Gasteiger partial charge in [0.1, 0.15) is 0 Å². The maximum absolute atomic E-state index is 12.6. The van der Waals surface area contributed by atoms with Gasteiger partial charge in [-0.3, -0.25) is 4.79 Å². The van der Waals surface area contributed by atoms with E-state index in [1.165, 1.54) is 24.4 Å². The van der Waals surface area contributed by atoms with E-state index in [2.05, 4.69) is 5.32 Å². The third-order valence-electron chi connectivity index (χ3n) is 3.94. The average molecular weight is 437 g/mol. The summed E-state index contributed by atoms with van der Waals surface area (Å²) in [6.07, 6.45) is 2.40. The zero-order valence-corrected chi connectivity index (χ0v) is 16.8. The number of hydrogen-bond acceptors (Lipinski definition) is 4. The molecular formula is C19H14Cl2N2O4S. The van der Waals surface area contributed by atoms with Crippen molar-refractivity contribution in [3.05, 3.63) is 81.6 Å². The molecule has 1 amide bonds. The summed E-state index contributed by atoms with van der Waals surface area (Å²) in [4.78, 5) is 12.6. The third kappa shape index (κ3) is 4.27. The topological polar surface area (TPSA) is 90.2 Å². The summed E-state index contributed by atoms with van der Waals surface area (Å²) < 4.78 is 23.9. The van der Waals surface area contributed by atoms with E-state index in [-0.39, 0.29) is 15.5 Å². The largest absolute Gasteiger partial charge is 0.618 e. The first-order valence-electron chi connectivity index (χ1n) is 7.96. The number of rotatable bonds is 4. The smallest absolute Gasteiger partial charge is 0.257 e. The Hall–Kier alpha value is -2.61. The number of pyridine rings is 1. The van der Waals surface area contributed by atoms with E-state index in [1.54, 1.807) is 36.4 Å². The van der Waals surface area contributed by atoms with Crippen LogP contribution in [0.5, 0.6) is 0 Å². The summed E-state index contributed by atoms with van der Waals surface area (Å²) >= 11 is 12.3. The van der Waals surface area contributed by atoms with Crippen molar-refractivity contribution in [2.24, 2.45) is 0 Å². The standard InChI is InChI=1S/C19H14Cl2N2O4S/c1-28(26,27)13-6-7-14(17(21)11-13)19(24)22-12-5-8-16(20)15(10-12)18-4-2-3-9-23(18)25/h2-11H,1H3,(H,22,24). The third-order valence-corrected chi connectivity index (χ3v) is 5.69. The molecule has 0 bridgehead atoms. The molecular weight excluding hydrogens is 423 g/mol. The minimum atomic E-state index is -3.43. The van der Waals surface area contributed by atoms with Crippen LogP contribution in [-0.2, 0) is 9.84 Å². The molecule has 9 heteroatoms. The quantitative estimate of drug-likeness (QED) is 0.495. The van der Waals surface area contributed by atoms with Crippen molar-refractivity contribution in [1.82, 2.24) is 0 Å². The number of anilines is 1. The van der Waals surface area contributed by atoms with Gasteiger partial charge in [0.05, 0.1) is 26.1 Å². The van der Waals surface area contributed by atoms with Crippen LogP contribution in [0, 0.1) is 5.21 Å². The number of nitrogens with zero attached hydrogens (tertiary/aromatic N) is 1. The van der Waals surface area contributed by atoms with Gasteiger partial charge in [-0.2, -0.15) is 4.73 Å². The molecule has 0 atom stereocenters. The molecule has 3 aromatic rings. The molecule has 3 rings (SSSR count). The van der Waals surface area contributed by atoms with Crippen LogP contribution < -0.4 is 10.0 Å². The van der Waals surface area contributed by atoms with E-state index in [9.17, 15) is 18.4 Å². The number of sulfone groups is 1. The summed E-state index contributed by atoms with van der Waals surface area (Å²) in [5.41, 5.74) is 1.30. The number of carbonyl (C=O) groups is 1. The van der Waals surface area contributed by atoms with E-state index in [0.717, 1.165) is 6.26 Å². The van der Waals surface area contributed by atoms with Crippen molar-refractivity contribution in [3.8, 4) is 11.3 Å². The van der Waals surface area contributed by atoms with Crippen LogP contribution in [0.3, 0.4) is 0 Å². The molecule has 0 aliphatic heterocycles. The molecule has 1 N–H and O–H groups in total. The highest BCUT2D eigenvalue weighted by atomic mass is 35.5. The lowest BCUT2D eigenvalue weighted by molar-refractivity contribution is -0.593. The summed E-state index contributed by atoms with van der Waals surface area (Å²) in [6.45, 7) is 0. The van der Waals surface area contributed by atoms with Crippen LogP contribution in [0.2, 0.25) is 10.0 Å². The Morgan fingerprint density at radius 1 is 1.04 bits per heavy atom. The predicted molar refractivity (Wildman–Crippen MR) is 108 cm³/mol. The zero-order valence-electron chi connectivity index (χ0n) is 14.5. The van der Waals surface area contributed by atoms with Gasteiger partial charge in [-0.1, -0.05) is 23.2 Å². The van der Waals surface area contributed by atoms with Gasteiger partial charge in [-0.25, -0.2) is 8.42 Å². The molecule has 0 saturated heterocycles. The first kappa shape index (κ1) is 20.1. The fourth-order valence-corrected chi connectivity index (χ4v) is 3.74. The zero-order chi connectivity index (χ0) is 20.5. The highest BCUT2D eigenvalue weighted by Crippen LogP contribution is 2.29. The Bertz CT molecular complexity index is 1180. The molecule has 0 saturated carbocycles. The van der Waals surface area contributed by atoms with Crippen molar-refractivity contribution in [3.63, 3.8) is 0 Å². The average Bonchev–Trinajstić information content (AvgIpc) is 2.63. The van der Waals surface area contributed by atoms with Gasteiger partial charge in [0.25, 0.3) is 5.91 Å². The Morgan fingerprint density at radius 2 is 1.79 bits per heavy atom. The van der Waals surface area contributed by atoms with E-state index < -0.39 is 15.7 Å². The van der Waals surface area contributed by atoms with Gasteiger partial charge in [-0.05, 0) is 42.5 Å². The van der Waals surface area contributed by atoms with Gasteiger partial charge in [-0.15, -0.1) is 0 Å². The molecule has 1 aromatic heterocycles. The molecule has 0 fully saturated rings. The number of carbonyl (C=O) groups excluding carboxylic acids is 1. The lowest BCUT2D eigenvalue weighted by Gasteiger charge is -2.11. The highest BCUT2D eigenvalue weighted by molar-refractivity contribution is 7.90. The molecule has 2 aromatic carbocycles. The van der Waals surface area contributed by atoms with Crippen LogP contribution in [-0.4, -0.2) is 20.6 Å². The van der Waals surface area contributed by atoms with Crippen LogP contribution in [0.1, 0.15) is 10.4 Å². The first-order valence-corrected chi connectivity index (χ1v) is 10.6. The van der Waals surface area contributed by atoms with Gasteiger partial charge in [0, 0.05) is 24.1 Å². The minimum absolute atomic E-state index is 0.00933. The van der Waals surface area contributed by atoms with Crippen molar-refractivity contribution in [1.29, 1.82) is 0 Å². The van der Waals surface area contributed by atoms with Crippen molar-refractivity contribution < 1.29 is 17.9 Å². The van der Waals surface area contributed by atoms with Crippen LogP contribution in [0.4, 0.5) is 5.69 Å². The molecule has 0 aliphatic rings. The maximum Gasteiger partial charge on any atom is 0.257 e. The van der Waals surface area contributed by atoms with Crippen molar-refractivity contribution in [2.45, 2.75) is 4.90 Å². The Morgan fingerprint density at radius 3 is 2.43 bits per heavy atom. The summed E-state index contributed by atoms with van der Waals surface area (Å²) in [6, 6.07) is 13.5. The van der Waals surface area contributed by atoms with Gasteiger partial charge >= 0.3 is 0 Å². The predicted octanol–water partition coefficient (Wildman–Crippen LogP) is 3.95. The summed E-state index contributed by atoms with van der Waals surface area (Å²) in [7, 11) is -3.43. The molecule has 28 heavy (non-hydrogen) atoms. The number of hydrogen-bond donors (Lipinski definition) is 1. The second-order valence-corrected chi connectivity index (χ2v) is 8.80. The normalized spacial score (nSPS) is 11.2. The van der Waals surface area contributed by atoms with E-state index in [0.29, 0.717) is 26.7 Å². The number of nitrogens with one attached hydrogen (secondary N) is 1. The first-order chi connectivity index (χ1) is 13.2. The van der Waals surface area contributed by atoms with Gasteiger partial charge in [0.2, 0.25) is 5.69 Å². The summed E-state index contributed by atoms with van der Waals surface area (Å²) in [5, 5.41) is 15.0. The number of benzene rings is 2. The van der Waals surface area contributed by atoms with E-state index in [1.807, 2.05) is 0 Å². The second-order valence-electron chi connectivity index (χ2n) is 5.97. The maximum atomic E-state index is 12.6. The molecule has 144 valence electrons. The Kier molecular flexibility index (Phi) is 5.60. The lowest BCUT2D eigenvalue weighted by Crippen LogP contribution is -2.28. The molecule has 0 aliphatic carbocycles. The van der Waals surface area contributed by atoms with Crippen molar-refractivity contribution >= 4 is 44.6 Å². The highest BCUT2D eigenvalue weighted by Gasteiger charge is 2.17. The van der Waals surface area contributed by atoms with E-state index >= 15 is 0 Å². The van der Waals surface area contributed by atoms with Gasteiger partial charge < -0.3 is 10.5 Å². The fraction of sp³-hybridized carbons (Fsp3) is 0.0526. The van der Waals surface area contributed by atoms with Crippen LogP contribution >= 0.6 is 23.2 Å². The van der Waals surface area contributed by atoms with Gasteiger partial charge in [0.15, 0.2) is 16.0 Å². The minimum Gasteiger partial charge on any atom is -0.618 e. The van der Waals surface area contributed by atoms with Crippen molar-refractivity contribution in [2.75, 3.05) is 11.6 Å². The monoisotopic (exact) mass is 436 g/mol. The fourth-order valence-electron chi connectivity index (χ4n) is 2.55. The molecule has 1 heterocycles. The molecule has 6 nitrogen and oxygen atoms in total. The molecule has 0 radical (unpaired) electrons. The lowest BCUT2D eigenvalue weighted by atomic mass is 10.1. The number of halogens is 2. The number of aromatic nitrogens is 1. The second kappa shape index (κ2) is 7.79. The number of amides is 1.